The lowest BCUT2D eigenvalue weighted by Crippen LogP contribution is -2.12. The quantitative estimate of drug-likeness (QED) is 0.192. The minimum absolute atomic E-state index is 0.0973. The van der Waals surface area contributed by atoms with Crippen LogP contribution < -0.4 is 10.6 Å². The van der Waals surface area contributed by atoms with E-state index in [1.54, 1.807) is 42.5 Å². The predicted molar refractivity (Wildman–Crippen MR) is 177 cm³/mol. The normalized spacial score (nSPS) is 10.4. The van der Waals surface area contributed by atoms with Gasteiger partial charge in [0.2, 0.25) is 0 Å². The van der Waals surface area contributed by atoms with E-state index in [1.165, 1.54) is 12.1 Å². The Morgan fingerprint density at radius 1 is 0.581 bits per heavy atom. The van der Waals surface area contributed by atoms with Crippen molar-refractivity contribution < 1.29 is 14.0 Å². The topological polar surface area (TPSA) is 58.2 Å². The van der Waals surface area contributed by atoms with E-state index in [-0.39, 0.29) is 17.6 Å². The van der Waals surface area contributed by atoms with E-state index >= 15 is 0 Å². The zero-order valence-electron chi connectivity index (χ0n) is 24.2. The van der Waals surface area contributed by atoms with E-state index in [1.807, 2.05) is 98.8 Å². The lowest BCUT2D eigenvalue weighted by molar-refractivity contribution is 0.101. The van der Waals surface area contributed by atoms with Gasteiger partial charge in [0, 0.05) is 22.5 Å². The van der Waals surface area contributed by atoms with Gasteiger partial charge < -0.3 is 10.6 Å². The number of halogens is 1. The second kappa shape index (κ2) is 14.9. The first kappa shape index (κ1) is 30.4. The van der Waals surface area contributed by atoms with Crippen LogP contribution in [-0.4, -0.2) is 11.8 Å². The standard InChI is InChI=1S/C22H18FNO.C16H15NO/c1-16-7-8-18(10-9-17-11-13-20(23)14-12-17)15-21(16)24-22(25)19-5-3-2-4-6-19;1-3-13-10-9-12(2)15(11-13)17-16(18)14-7-5-4-6-8-14/h2-15H,1H3,(H,24,25);3-11H,1H2,2H3,(H,17,18)/b10-9+;. The average molecular weight is 569 g/mol. The monoisotopic (exact) mass is 568 g/mol. The van der Waals surface area contributed by atoms with Crippen LogP contribution in [0.1, 0.15) is 48.5 Å². The maximum atomic E-state index is 12.9. The van der Waals surface area contributed by atoms with Crippen LogP contribution in [0.15, 0.2) is 128 Å². The average Bonchev–Trinajstić information content (AvgIpc) is 3.04. The van der Waals surface area contributed by atoms with E-state index in [0.717, 1.165) is 39.2 Å². The number of rotatable bonds is 7. The Balaban J connectivity index is 0.000000208. The lowest BCUT2D eigenvalue weighted by atomic mass is 10.1. The molecule has 0 radical (unpaired) electrons. The molecule has 5 aromatic rings. The molecule has 0 unspecified atom stereocenters. The third kappa shape index (κ3) is 8.97. The zero-order chi connectivity index (χ0) is 30.6. The highest BCUT2D eigenvalue weighted by molar-refractivity contribution is 6.05. The summed E-state index contributed by atoms with van der Waals surface area (Å²) >= 11 is 0. The molecule has 5 rings (SSSR count). The van der Waals surface area contributed by atoms with Crippen molar-refractivity contribution in [3.8, 4) is 0 Å². The molecule has 0 aliphatic carbocycles. The van der Waals surface area contributed by atoms with Crippen LogP contribution in [0, 0.1) is 19.7 Å². The van der Waals surface area contributed by atoms with Crippen molar-refractivity contribution in [2.75, 3.05) is 10.6 Å². The van der Waals surface area contributed by atoms with Crippen molar-refractivity contribution in [3.05, 3.63) is 173 Å². The number of nitrogens with one attached hydrogen (secondary N) is 2. The van der Waals surface area contributed by atoms with Gasteiger partial charge in [0.05, 0.1) is 0 Å². The predicted octanol–water partition coefficient (Wildman–Crippen LogP) is 9.45. The van der Waals surface area contributed by atoms with Crippen LogP contribution in [0.4, 0.5) is 15.8 Å². The highest BCUT2D eigenvalue weighted by atomic mass is 19.1. The summed E-state index contributed by atoms with van der Waals surface area (Å²) in [5.74, 6) is -0.485. The molecule has 43 heavy (non-hydrogen) atoms. The van der Waals surface area contributed by atoms with Crippen molar-refractivity contribution in [2.45, 2.75) is 13.8 Å². The molecule has 0 aromatic heterocycles. The van der Waals surface area contributed by atoms with Crippen LogP contribution in [0.3, 0.4) is 0 Å². The molecule has 4 nitrogen and oxygen atoms in total. The largest absolute Gasteiger partial charge is 0.322 e. The molecule has 214 valence electrons. The third-order valence-electron chi connectivity index (χ3n) is 6.67. The molecule has 0 aliphatic rings. The zero-order valence-corrected chi connectivity index (χ0v) is 24.2. The Labute approximate surface area is 252 Å². The Morgan fingerprint density at radius 2 is 1.00 bits per heavy atom. The van der Waals surface area contributed by atoms with Crippen molar-refractivity contribution >= 4 is 41.4 Å². The first-order valence-electron chi connectivity index (χ1n) is 13.8. The summed E-state index contributed by atoms with van der Waals surface area (Å²) in [5.41, 5.74) is 7.75. The van der Waals surface area contributed by atoms with Gasteiger partial charge in [0.15, 0.2) is 0 Å². The Bertz CT molecular complexity index is 1730. The van der Waals surface area contributed by atoms with Crippen molar-refractivity contribution in [1.82, 2.24) is 0 Å². The van der Waals surface area contributed by atoms with E-state index in [0.29, 0.717) is 11.1 Å². The lowest BCUT2D eigenvalue weighted by Gasteiger charge is -2.09. The summed E-state index contributed by atoms with van der Waals surface area (Å²) in [6.45, 7) is 7.64. The fraction of sp³-hybridized carbons (Fsp3) is 0.0526. The maximum absolute atomic E-state index is 12.9. The summed E-state index contributed by atoms with van der Waals surface area (Å²) in [5, 5.41) is 5.86. The number of aryl methyl sites for hydroxylation is 2. The molecule has 0 aliphatic heterocycles. The number of benzene rings is 5. The summed E-state index contributed by atoms with van der Waals surface area (Å²) in [4.78, 5) is 24.4. The number of carbonyl (C=O) groups is 2. The number of anilines is 2. The SMILES string of the molecule is C=Cc1ccc(C)c(NC(=O)c2ccccc2)c1.Cc1ccc(/C=C/c2ccc(F)cc2)cc1NC(=O)c1ccccc1. The number of carbonyl (C=O) groups excluding carboxylic acids is 2. The number of amides is 2. The molecule has 0 fully saturated rings. The molecule has 0 saturated carbocycles. The van der Waals surface area contributed by atoms with E-state index in [4.69, 9.17) is 0 Å². The van der Waals surface area contributed by atoms with E-state index in [9.17, 15) is 14.0 Å². The maximum Gasteiger partial charge on any atom is 0.255 e. The van der Waals surface area contributed by atoms with Crippen molar-refractivity contribution in [1.29, 1.82) is 0 Å². The first-order chi connectivity index (χ1) is 20.8. The Kier molecular flexibility index (Phi) is 10.5. The van der Waals surface area contributed by atoms with E-state index in [2.05, 4.69) is 17.2 Å². The molecule has 5 aromatic carbocycles. The smallest absolute Gasteiger partial charge is 0.255 e. The fourth-order valence-corrected chi connectivity index (χ4v) is 4.11. The van der Waals surface area contributed by atoms with Crippen molar-refractivity contribution in [2.24, 2.45) is 0 Å². The molecule has 0 atom stereocenters. The van der Waals surface area contributed by atoms with Crippen LogP contribution in [-0.2, 0) is 0 Å². The minimum Gasteiger partial charge on any atom is -0.322 e. The molecule has 0 bridgehead atoms. The van der Waals surface area contributed by atoms with Crippen LogP contribution in [0.25, 0.3) is 18.2 Å². The molecule has 0 heterocycles. The van der Waals surface area contributed by atoms with Gasteiger partial charge >= 0.3 is 0 Å². The van der Waals surface area contributed by atoms with Crippen LogP contribution >= 0.6 is 0 Å². The molecule has 2 N–H and O–H groups in total. The summed E-state index contributed by atoms with van der Waals surface area (Å²) in [6, 6.07) is 36.3. The van der Waals surface area contributed by atoms with Gasteiger partial charge in [-0.2, -0.15) is 0 Å². The Hall–Kier alpha value is -5.55. The van der Waals surface area contributed by atoms with E-state index < -0.39 is 0 Å². The molecule has 0 saturated heterocycles. The van der Waals surface area contributed by atoms with Gasteiger partial charge in [-0.25, -0.2) is 4.39 Å². The third-order valence-corrected chi connectivity index (χ3v) is 6.67. The molecular weight excluding hydrogens is 535 g/mol. The molecule has 0 spiro atoms. The van der Waals surface area contributed by atoms with Crippen molar-refractivity contribution in [3.63, 3.8) is 0 Å². The van der Waals surface area contributed by atoms with Gasteiger partial charge in [-0.15, -0.1) is 0 Å². The Morgan fingerprint density at radius 3 is 1.49 bits per heavy atom. The minimum atomic E-state index is -0.251. The second-order valence-electron chi connectivity index (χ2n) is 9.88. The number of hydrogen-bond acceptors (Lipinski definition) is 2. The number of hydrogen-bond donors (Lipinski definition) is 2. The summed E-state index contributed by atoms with van der Waals surface area (Å²) in [7, 11) is 0. The highest BCUT2D eigenvalue weighted by Crippen LogP contribution is 2.21. The van der Waals surface area contributed by atoms with Gasteiger partial charge in [-0.1, -0.05) is 97.6 Å². The van der Waals surface area contributed by atoms with Crippen LogP contribution in [0.2, 0.25) is 0 Å². The summed E-state index contributed by atoms with van der Waals surface area (Å²) < 4.78 is 12.9. The fourth-order valence-electron chi connectivity index (χ4n) is 4.11. The summed E-state index contributed by atoms with van der Waals surface area (Å²) in [6.07, 6.45) is 5.61. The molecule has 2 amide bonds. The second-order valence-corrected chi connectivity index (χ2v) is 9.88. The highest BCUT2D eigenvalue weighted by Gasteiger charge is 2.08. The molecular formula is C38H33FN2O2. The van der Waals surface area contributed by atoms with Gasteiger partial charge in [-0.3, -0.25) is 9.59 Å². The van der Waals surface area contributed by atoms with Gasteiger partial charge in [-0.05, 0) is 90.2 Å². The van der Waals surface area contributed by atoms with Crippen LogP contribution in [0.5, 0.6) is 0 Å². The van der Waals surface area contributed by atoms with Gasteiger partial charge in [0.1, 0.15) is 5.82 Å². The first-order valence-corrected chi connectivity index (χ1v) is 13.8. The van der Waals surface area contributed by atoms with Gasteiger partial charge in [0.25, 0.3) is 11.8 Å². The molecule has 5 heteroatoms.